The summed E-state index contributed by atoms with van der Waals surface area (Å²) in [5, 5.41) is 4.69. The van der Waals surface area contributed by atoms with Crippen LogP contribution in [0.25, 0.3) is 27.7 Å². The first-order valence-corrected chi connectivity index (χ1v) is 11.2. The largest absolute Gasteiger partial charge is 0.496 e. The van der Waals surface area contributed by atoms with Gasteiger partial charge in [0.15, 0.2) is 5.78 Å². The summed E-state index contributed by atoms with van der Waals surface area (Å²) in [7, 11) is 1.56. The molecule has 0 saturated carbocycles. The number of benzene rings is 3. The number of rotatable bonds is 6. The average molecular weight is 494 g/mol. The number of methoxy groups -OCH3 is 1. The molecule has 34 heavy (non-hydrogen) atoms. The summed E-state index contributed by atoms with van der Waals surface area (Å²) in [6.07, 6.45) is 3.14. The average Bonchev–Trinajstić information content (AvgIpc) is 3.21. The predicted molar refractivity (Wildman–Crippen MR) is 137 cm³/mol. The summed E-state index contributed by atoms with van der Waals surface area (Å²) in [4.78, 5) is 24.1. The van der Waals surface area contributed by atoms with Crippen LogP contribution in [0.1, 0.15) is 29.8 Å². The number of furan rings is 1. The van der Waals surface area contributed by atoms with Crippen molar-refractivity contribution in [3.8, 4) is 16.9 Å². The van der Waals surface area contributed by atoms with Crippen LogP contribution in [0.5, 0.6) is 5.75 Å². The van der Waals surface area contributed by atoms with E-state index in [0.29, 0.717) is 38.2 Å². The maximum absolute atomic E-state index is 12.6. The van der Waals surface area contributed by atoms with E-state index in [2.05, 4.69) is 5.32 Å². The Bertz CT molecular complexity index is 1440. The summed E-state index contributed by atoms with van der Waals surface area (Å²) in [5.74, 6) is 0.237. The molecule has 1 heterocycles. The quantitative estimate of drug-likeness (QED) is 0.221. The van der Waals surface area contributed by atoms with Gasteiger partial charge in [0.2, 0.25) is 5.91 Å². The molecule has 0 aliphatic heterocycles. The smallest absolute Gasteiger partial charge is 0.248 e. The fraction of sp³-hybridized carbons (Fsp3) is 0.111. The molecule has 0 aliphatic rings. The second kappa shape index (κ2) is 9.75. The van der Waals surface area contributed by atoms with Gasteiger partial charge in [-0.05, 0) is 61.9 Å². The Labute approximate surface area is 206 Å². The van der Waals surface area contributed by atoms with E-state index < -0.39 is 0 Å². The van der Waals surface area contributed by atoms with Crippen molar-refractivity contribution >= 4 is 57.1 Å². The second-order valence-electron chi connectivity index (χ2n) is 7.77. The highest BCUT2D eigenvalue weighted by atomic mass is 35.5. The highest BCUT2D eigenvalue weighted by Crippen LogP contribution is 2.40. The van der Waals surface area contributed by atoms with Crippen molar-refractivity contribution in [3.05, 3.63) is 88.1 Å². The number of nitrogens with one attached hydrogen (secondary N) is 1. The van der Waals surface area contributed by atoms with E-state index in [-0.39, 0.29) is 11.7 Å². The van der Waals surface area contributed by atoms with Gasteiger partial charge < -0.3 is 14.5 Å². The molecule has 0 aliphatic carbocycles. The molecular formula is C27H21Cl2NO4. The predicted octanol–water partition coefficient (Wildman–Crippen LogP) is 7.66. The summed E-state index contributed by atoms with van der Waals surface area (Å²) >= 11 is 12.5. The minimum absolute atomic E-state index is 0.0328. The topological polar surface area (TPSA) is 68.5 Å². The number of carbonyl (C=O) groups excluding carboxylic acids is 2. The monoisotopic (exact) mass is 493 g/mol. The first kappa shape index (κ1) is 23.6. The molecule has 1 N–H and O–H groups in total. The zero-order valence-electron chi connectivity index (χ0n) is 18.7. The van der Waals surface area contributed by atoms with Crippen LogP contribution in [-0.4, -0.2) is 18.8 Å². The van der Waals surface area contributed by atoms with Crippen LogP contribution in [0.15, 0.2) is 71.4 Å². The number of hydrogen-bond acceptors (Lipinski definition) is 4. The zero-order valence-corrected chi connectivity index (χ0v) is 20.3. The number of Topliss-reactive ketones (excluding diaryl/α,β-unsaturated/α-hetero) is 1. The summed E-state index contributed by atoms with van der Waals surface area (Å²) in [6, 6.07) is 15.7. The molecule has 3 aromatic carbocycles. The van der Waals surface area contributed by atoms with Gasteiger partial charge in [-0.1, -0.05) is 29.3 Å². The molecule has 1 amide bonds. The van der Waals surface area contributed by atoms with Gasteiger partial charge >= 0.3 is 0 Å². The third-order valence-corrected chi connectivity index (χ3v) is 6.00. The molecule has 5 nitrogen and oxygen atoms in total. The maximum Gasteiger partial charge on any atom is 0.248 e. The van der Waals surface area contributed by atoms with Crippen LogP contribution < -0.4 is 10.1 Å². The zero-order chi connectivity index (χ0) is 24.4. The van der Waals surface area contributed by atoms with Gasteiger partial charge in [0.25, 0.3) is 0 Å². The van der Waals surface area contributed by atoms with Gasteiger partial charge in [0.1, 0.15) is 11.3 Å². The van der Waals surface area contributed by atoms with Crippen molar-refractivity contribution in [1.29, 1.82) is 0 Å². The van der Waals surface area contributed by atoms with E-state index in [1.54, 1.807) is 55.8 Å². The van der Waals surface area contributed by atoms with Crippen molar-refractivity contribution in [1.82, 2.24) is 0 Å². The Kier molecular flexibility index (Phi) is 6.77. The third-order valence-electron chi connectivity index (χ3n) is 5.45. The number of halogens is 2. The Hall–Kier alpha value is -3.54. The van der Waals surface area contributed by atoms with Gasteiger partial charge in [-0.15, -0.1) is 0 Å². The lowest BCUT2D eigenvalue weighted by Crippen LogP contribution is -2.09. The van der Waals surface area contributed by atoms with Gasteiger partial charge in [-0.2, -0.15) is 0 Å². The molecule has 0 fully saturated rings. The van der Waals surface area contributed by atoms with Crippen molar-refractivity contribution < 1.29 is 18.7 Å². The summed E-state index contributed by atoms with van der Waals surface area (Å²) in [5.41, 5.74) is 4.84. The van der Waals surface area contributed by atoms with Crippen LogP contribution >= 0.6 is 23.2 Å². The summed E-state index contributed by atoms with van der Waals surface area (Å²) in [6.45, 7) is 3.33. The lowest BCUT2D eigenvalue weighted by molar-refractivity contribution is -0.111. The Balaban J connectivity index is 1.68. The number of fused-ring (bicyclic) bond motifs is 1. The number of carbonyl (C=O) groups is 2. The van der Waals surface area contributed by atoms with Crippen LogP contribution in [0.2, 0.25) is 10.0 Å². The van der Waals surface area contributed by atoms with Crippen LogP contribution in [0.4, 0.5) is 5.69 Å². The third kappa shape index (κ3) is 4.86. The van der Waals surface area contributed by atoms with Crippen molar-refractivity contribution in [2.24, 2.45) is 0 Å². The molecule has 1 aromatic heterocycles. The van der Waals surface area contributed by atoms with Crippen molar-refractivity contribution in [3.63, 3.8) is 0 Å². The summed E-state index contributed by atoms with van der Waals surface area (Å²) < 4.78 is 11.3. The first-order valence-electron chi connectivity index (χ1n) is 10.4. The molecule has 0 bridgehead atoms. The van der Waals surface area contributed by atoms with Gasteiger partial charge in [-0.3, -0.25) is 9.59 Å². The number of ether oxygens (including phenoxy) is 1. The number of hydrogen-bond donors (Lipinski definition) is 1. The number of allylic oxidation sites excluding steroid dienone is 1. The van der Waals surface area contributed by atoms with Gasteiger partial charge in [0.05, 0.1) is 18.4 Å². The highest BCUT2D eigenvalue weighted by Gasteiger charge is 2.16. The maximum atomic E-state index is 12.6. The fourth-order valence-electron chi connectivity index (χ4n) is 3.69. The molecule has 4 rings (SSSR count). The first-order chi connectivity index (χ1) is 16.3. The number of amides is 1. The molecule has 0 saturated heterocycles. The van der Waals surface area contributed by atoms with Gasteiger partial charge in [0, 0.05) is 50.5 Å². The molecule has 0 spiro atoms. The standard InChI is InChI=1S/C27H21Cl2NO4/c1-15(10-27(32)30-19-7-4-17(5-8-19)16(2)31)21-12-22-23(14-34-26(22)13-25(21)33-3)20-9-6-18(28)11-24(20)29/h4-14H,1-3H3,(H,30,32)/b15-10+. The molecule has 0 radical (unpaired) electrons. The van der Waals surface area contributed by atoms with Crippen LogP contribution in [0, 0.1) is 0 Å². The Morgan fingerprint density at radius 2 is 1.71 bits per heavy atom. The molecule has 0 atom stereocenters. The number of anilines is 1. The van der Waals surface area contributed by atoms with E-state index in [1.807, 2.05) is 19.1 Å². The molecular weight excluding hydrogens is 473 g/mol. The second-order valence-corrected chi connectivity index (χ2v) is 8.62. The Morgan fingerprint density at radius 1 is 0.971 bits per heavy atom. The van der Waals surface area contributed by atoms with E-state index in [4.69, 9.17) is 32.4 Å². The SMILES string of the molecule is COc1cc2occ(-c3ccc(Cl)cc3Cl)c2cc1/C(C)=C/C(=O)Nc1ccc(C(C)=O)cc1. The van der Waals surface area contributed by atoms with E-state index in [9.17, 15) is 9.59 Å². The van der Waals surface area contributed by atoms with Crippen molar-refractivity contribution in [2.75, 3.05) is 12.4 Å². The number of ketones is 1. The molecule has 172 valence electrons. The lowest BCUT2D eigenvalue weighted by Gasteiger charge is -2.11. The van der Waals surface area contributed by atoms with Crippen molar-refractivity contribution in [2.45, 2.75) is 13.8 Å². The molecule has 7 heteroatoms. The van der Waals surface area contributed by atoms with Gasteiger partial charge in [-0.25, -0.2) is 0 Å². The minimum Gasteiger partial charge on any atom is -0.496 e. The fourth-order valence-corrected chi connectivity index (χ4v) is 4.20. The highest BCUT2D eigenvalue weighted by molar-refractivity contribution is 6.36. The van der Waals surface area contributed by atoms with E-state index in [0.717, 1.165) is 22.1 Å². The Morgan fingerprint density at radius 3 is 2.35 bits per heavy atom. The normalized spacial score (nSPS) is 11.5. The molecule has 0 unspecified atom stereocenters. The van der Waals surface area contributed by atoms with Crippen LogP contribution in [0.3, 0.4) is 0 Å². The van der Waals surface area contributed by atoms with Crippen LogP contribution in [-0.2, 0) is 4.79 Å². The minimum atomic E-state index is -0.302. The van der Waals surface area contributed by atoms with E-state index >= 15 is 0 Å². The van der Waals surface area contributed by atoms with E-state index in [1.165, 1.54) is 13.0 Å². The lowest BCUT2D eigenvalue weighted by atomic mass is 9.99. The molecule has 4 aromatic rings.